The van der Waals surface area contributed by atoms with Gasteiger partial charge in [0.1, 0.15) is 5.52 Å². The van der Waals surface area contributed by atoms with E-state index in [0.717, 1.165) is 18.7 Å². The van der Waals surface area contributed by atoms with Crippen molar-refractivity contribution in [2.45, 2.75) is 41.6 Å². The maximum Gasteiger partial charge on any atom is 0.250 e. The minimum atomic E-state index is -2.62. The van der Waals surface area contributed by atoms with E-state index in [2.05, 4.69) is 36.3 Å². The second-order valence-electron chi connectivity index (χ2n) is 9.15. The Morgan fingerprint density at radius 1 is 1.24 bits per heavy atom. The lowest BCUT2D eigenvalue weighted by Crippen LogP contribution is -2.53. The van der Waals surface area contributed by atoms with Gasteiger partial charge in [-0.25, -0.2) is 13.2 Å². The van der Waals surface area contributed by atoms with Crippen molar-refractivity contribution in [3.05, 3.63) is 30.1 Å². The Labute approximate surface area is 207 Å². The number of carbonyl (C=O) groups excluding carboxylic acids is 1. The highest BCUT2D eigenvalue weighted by Gasteiger charge is 2.35. The third-order valence-corrected chi connectivity index (χ3v) is 7.18. The van der Waals surface area contributed by atoms with Gasteiger partial charge in [-0.05, 0) is 41.0 Å². The predicted molar refractivity (Wildman–Crippen MR) is 135 cm³/mol. The number of hydrogen-bond acceptors (Lipinski definition) is 5. The molecule has 1 amide bonds. The van der Waals surface area contributed by atoms with E-state index in [1.165, 1.54) is 0 Å². The van der Waals surface area contributed by atoms with Crippen molar-refractivity contribution >= 4 is 54.5 Å². The first-order valence-corrected chi connectivity index (χ1v) is 12.7. The summed E-state index contributed by atoms with van der Waals surface area (Å²) in [5, 5.41) is 3.09. The summed E-state index contributed by atoms with van der Waals surface area (Å²) in [6, 6.07) is 3.53. The lowest BCUT2D eigenvalue weighted by molar-refractivity contribution is -0.125. The number of carbonyl (C=O) groups is 1. The third kappa shape index (κ3) is 6.06. The highest BCUT2D eigenvalue weighted by atomic mass is 127. The Morgan fingerprint density at radius 3 is 2.58 bits per heavy atom. The number of likely N-dealkylation sites (tertiary alicyclic amines) is 1. The summed E-state index contributed by atoms with van der Waals surface area (Å²) in [5.74, 6) is -2.45. The lowest BCUT2D eigenvalue weighted by Gasteiger charge is -2.39. The normalized spacial score (nSPS) is 25.6. The van der Waals surface area contributed by atoms with E-state index in [0.29, 0.717) is 29.1 Å². The molecule has 2 aromatic rings. The fourth-order valence-corrected chi connectivity index (χ4v) is 5.40. The molecule has 2 saturated heterocycles. The number of halogens is 4. The molecule has 1 N–H and O–H groups in total. The number of anilines is 1. The van der Waals surface area contributed by atoms with E-state index in [1.54, 1.807) is 46.0 Å². The van der Waals surface area contributed by atoms with Crippen molar-refractivity contribution in [3.63, 3.8) is 0 Å². The number of amides is 1. The smallest absolute Gasteiger partial charge is 0.250 e. The topological polar surface area (TPSA) is 61.4 Å². The van der Waals surface area contributed by atoms with E-state index in [9.17, 15) is 18.0 Å². The molecule has 0 aliphatic carbocycles. The monoisotopic (exact) mass is 593 g/mol. The molecule has 2 fully saturated rings. The number of fused-ring (bicyclic) bond motifs is 1. The molecule has 0 spiro atoms. The van der Waals surface area contributed by atoms with Crippen LogP contribution in [0.1, 0.15) is 31.7 Å². The van der Waals surface area contributed by atoms with Crippen LogP contribution in [0, 0.1) is 5.92 Å². The number of benzene rings is 1. The van der Waals surface area contributed by atoms with Crippen LogP contribution in [0.4, 0.5) is 18.9 Å². The van der Waals surface area contributed by atoms with Gasteiger partial charge in [0.15, 0.2) is 3.42 Å². The SMILES string of the molecule is C[C@H]1C[C@@H](NC(=O)CN2CCC(F)(F)CC2)CN(c2ccc(C(F)(P)I)c3nccnc23)C1. The Hall–Kier alpha value is -1.26. The van der Waals surface area contributed by atoms with Crippen LogP contribution >= 0.6 is 31.8 Å². The first-order valence-electron chi connectivity index (χ1n) is 11.1. The summed E-state index contributed by atoms with van der Waals surface area (Å²) in [6.45, 7) is 4.09. The Bertz CT molecular complexity index is 1010. The molecule has 0 bridgehead atoms. The molecule has 2 unspecified atom stereocenters. The van der Waals surface area contributed by atoms with Crippen molar-refractivity contribution in [2.75, 3.05) is 37.6 Å². The summed E-state index contributed by atoms with van der Waals surface area (Å²) < 4.78 is 39.8. The van der Waals surface area contributed by atoms with E-state index in [-0.39, 0.29) is 44.4 Å². The zero-order valence-corrected chi connectivity index (χ0v) is 21.7. The van der Waals surface area contributed by atoms with Crippen LogP contribution in [0.3, 0.4) is 0 Å². The van der Waals surface area contributed by atoms with Crippen molar-refractivity contribution < 1.29 is 18.0 Å². The molecule has 11 heteroatoms. The van der Waals surface area contributed by atoms with E-state index >= 15 is 0 Å². The fourth-order valence-electron chi connectivity index (χ4n) is 4.73. The van der Waals surface area contributed by atoms with Crippen LogP contribution in [0.15, 0.2) is 24.5 Å². The van der Waals surface area contributed by atoms with Crippen LogP contribution in [-0.4, -0.2) is 65.5 Å². The van der Waals surface area contributed by atoms with Crippen molar-refractivity contribution in [1.29, 1.82) is 0 Å². The molecule has 0 saturated carbocycles. The lowest BCUT2D eigenvalue weighted by atomic mass is 9.95. The number of rotatable bonds is 5. The highest BCUT2D eigenvalue weighted by molar-refractivity contribution is 14.1. The predicted octanol–water partition coefficient (Wildman–Crippen LogP) is 4.08. The van der Waals surface area contributed by atoms with E-state index in [1.807, 2.05) is 6.07 Å². The summed E-state index contributed by atoms with van der Waals surface area (Å²) in [5.41, 5.74) is 2.45. The summed E-state index contributed by atoms with van der Waals surface area (Å²) in [7, 11) is 2.19. The number of alkyl halides is 4. The van der Waals surface area contributed by atoms with Crippen LogP contribution in [0.25, 0.3) is 11.0 Å². The van der Waals surface area contributed by atoms with Gasteiger partial charge >= 0.3 is 0 Å². The van der Waals surface area contributed by atoms with Gasteiger partial charge in [-0.1, -0.05) is 22.2 Å². The zero-order chi connectivity index (χ0) is 23.8. The molecule has 180 valence electrons. The van der Waals surface area contributed by atoms with Crippen LogP contribution in [0.2, 0.25) is 0 Å². The second kappa shape index (κ2) is 9.77. The Morgan fingerprint density at radius 2 is 1.91 bits per heavy atom. The van der Waals surface area contributed by atoms with Gasteiger partial charge in [-0.2, -0.15) is 0 Å². The Balaban J connectivity index is 1.47. The molecule has 4 atom stereocenters. The van der Waals surface area contributed by atoms with Gasteiger partial charge < -0.3 is 10.2 Å². The first kappa shape index (κ1) is 24.9. The van der Waals surface area contributed by atoms with Gasteiger partial charge in [0.2, 0.25) is 5.91 Å². The van der Waals surface area contributed by atoms with Crippen molar-refractivity contribution in [1.82, 2.24) is 20.2 Å². The van der Waals surface area contributed by atoms with Crippen molar-refractivity contribution in [3.8, 4) is 0 Å². The number of aromatic nitrogens is 2. The molecule has 33 heavy (non-hydrogen) atoms. The van der Waals surface area contributed by atoms with Crippen LogP contribution in [0.5, 0.6) is 0 Å². The molecule has 1 aromatic carbocycles. The highest BCUT2D eigenvalue weighted by Crippen LogP contribution is 2.44. The minimum absolute atomic E-state index is 0.0783. The average Bonchev–Trinajstić information content (AvgIpc) is 2.73. The van der Waals surface area contributed by atoms with Crippen LogP contribution < -0.4 is 10.2 Å². The summed E-state index contributed by atoms with van der Waals surface area (Å²) in [6.07, 6.45) is 3.58. The zero-order valence-electron chi connectivity index (χ0n) is 18.4. The molecule has 0 radical (unpaired) electrons. The first-order chi connectivity index (χ1) is 15.5. The molecule has 4 rings (SSSR count). The van der Waals surface area contributed by atoms with Gasteiger partial charge in [-0.15, -0.1) is 0 Å². The van der Waals surface area contributed by atoms with E-state index in [4.69, 9.17) is 0 Å². The molecule has 1 aromatic heterocycles. The maximum atomic E-state index is 14.7. The van der Waals surface area contributed by atoms with Gasteiger partial charge in [-0.3, -0.25) is 19.7 Å². The minimum Gasteiger partial charge on any atom is -0.367 e. The molecule has 6 nitrogen and oxygen atoms in total. The third-order valence-electron chi connectivity index (χ3n) is 6.28. The molecule has 2 aliphatic rings. The summed E-state index contributed by atoms with van der Waals surface area (Å²) in [4.78, 5) is 25.5. The molecular weight excluding hydrogens is 565 g/mol. The quantitative estimate of drug-likeness (QED) is 0.322. The largest absolute Gasteiger partial charge is 0.367 e. The number of hydrogen-bond donors (Lipinski definition) is 1. The number of nitrogens with zero attached hydrogens (tertiary/aromatic N) is 4. The number of piperidine rings is 2. The van der Waals surface area contributed by atoms with Gasteiger partial charge in [0.05, 0.1) is 17.7 Å². The molecule has 3 heterocycles. The van der Waals surface area contributed by atoms with Gasteiger partial charge in [0, 0.05) is 63.0 Å². The number of nitrogens with one attached hydrogen (secondary N) is 1. The van der Waals surface area contributed by atoms with Crippen molar-refractivity contribution in [2.24, 2.45) is 5.92 Å². The van der Waals surface area contributed by atoms with Crippen LogP contribution in [-0.2, 0) is 8.21 Å². The summed E-state index contributed by atoms with van der Waals surface area (Å²) >= 11 is 1.72. The Kier molecular flexibility index (Phi) is 7.36. The maximum absolute atomic E-state index is 14.7. The standard InChI is InChI=1S/C22H28F3IN5OP/c1-14-10-15(29-18(32)13-30-8-4-21(23,24)5-9-30)12-31(11-14)17-3-2-16(22(25,26)33)19-20(17)28-7-6-27-19/h2-3,6-7,14-15H,4-5,8-13,33H2,1H3,(H,29,32)/t14-,15+,22?/m0/s1. The van der Waals surface area contributed by atoms with Gasteiger partial charge in [0.25, 0.3) is 5.92 Å². The average molecular weight is 593 g/mol. The van der Waals surface area contributed by atoms with E-state index < -0.39 is 9.34 Å². The fraction of sp³-hybridized carbons (Fsp3) is 0.591. The molecule has 2 aliphatic heterocycles. The molecular formula is C22H28F3IN5OP. The second-order valence-corrected chi connectivity index (χ2v) is 12.7.